The Kier molecular flexibility index (Phi) is 2.14. The van der Waals surface area contributed by atoms with Gasteiger partial charge in [-0.1, -0.05) is 6.07 Å². The van der Waals surface area contributed by atoms with Crippen LogP contribution in [0.1, 0.15) is 5.69 Å². The Balaban J connectivity index is 2.65. The van der Waals surface area contributed by atoms with Crippen LogP contribution in [0.5, 0.6) is 0 Å². The van der Waals surface area contributed by atoms with E-state index in [1.54, 1.807) is 35.0 Å². The number of nitrogens with zero attached hydrogens (tertiary/aromatic N) is 2. The van der Waals surface area contributed by atoms with Crippen molar-refractivity contribution in [2.45, 2.75) is 0 Å². The monoisotopic (exact) mass is 201 g/mol. The molecule has 2 rings (SSSR count). The minimum absolute atomic E-state index is 0.0465. The molecule has 4 heteroatoms. The van der Waals surface area contributed by atoms with E-state index < -0.39 is 5.82 Å². The van der Waals surface area contributed by atoms with E-state index in [1.165, 1.54) is 6.07 Å². The van der Waals surface area contributed by atoms with Crippen LogP contribution in [-0.2, 0) is 0 Å². The fourth-order valence-corrected chi connectivity index (χ4v) is 1.42. The Morgan fingerprint density at radius 1 is 1.27 bits per heavy atom. The van der Waals surface area contributed by atoms with Gasteiger partial charge in [-0.3, -0.25) is 0 Å². The summed E-state index contributed by atoms with van der Waals surface area (Å²) in [6.45, 7) is 0. The smallest absolute Gasteiger partial charge is 0.148 e. The predicted molar refractivity (Wildman–Crippen MR) is 54.9 cm³/mol. The van der Waals surface area contributed by atoms with Gasteiger partial charge in [0, 0.05) is 6.20 Å². The molecular weight excluding hydrogens is 193 g/mol. The molecule has 0 unspecified atom stereocenters. The fraction of sp³-hybridized carbons (Fsp3) is 0. The van der Waals surface area contributed by atoms with Crippen LogP contribution in [0.2, 0.25) is 0 Å². The van der Waals surface area contributed by atoms with Gasteiger partial charge >= 0.3 is 0 Å². The zero-order valence-corrected chi connectivity index (χ0v) is 7.81. The summed E-state index contributed by atoms with van der Waals surface area (Å²) in [6.07, 6.45) is 1.67. The highest BCUT2D eigenvalue weighted by atomic mass is 19.1. The normalized spacial score (nSPS) is 9.87. The standard InChI is InChI=1S/C11H8FN3/c12-9-4-1-5-10(11(9)14)15-6-2-3-8(15)7-13/h1-6H,14H2. The number of halogens is 1. The van der Waals surface area contributed by atoms with Gasteiger partial charge < -0.3 is 10.3 Å². The number of nitriles is 1. The van der Waals surface area contributed by atoms with Crippen LogP contribution in [0, 0.1) is 17.1 Å². The number of hydrogen-bond acceptors (Lipinski definition) is 2. The molecule has 0 saturated heterocycles. The number of hydrogen-bond donors (Lipinski definition) is 1. The van der Waals surface area contributed by atoms with Gasteiger partial charge in [-0.05, 0) is 24.3 Å². The highest BCUT2D eigenvalue weighted by molar-refractivity contribution is 5.60. The van der Waals surface area contributed by atoms with Crippen LogP contribution in [-0.4, -0.2) is 4.57 Å². The van der Waals surface area contributed by atoms with Gasteiger partial charge in [-0.2, -0.15) is 5.26 Å². The summed E-state index contributed by atoms with van der Waals surface area (Å²) in [5, 5.41) is 8.82. The molecule has 1 aromatic carbocycles. The minimum Gasteiger partial charge on any atom is -0.395 e. The van der Waals surface area contributed by atoms with Crippen molar-refractivity contribution in [3.05, 3.63) is 48.0 Å². The molecule has 0 spiro atoms. The number of aromatic nitrogens is 1. The van der Waals surface area contributed by atoms with E-state index in [2.05, 4.69) is 0 Å². The molecule has 2 N–H and O–H groups in total. The summed E-state index contributed by atoms with van der Waals surface area (Å²) in [5.74, 6) is -0.481. The van der Waals surface area contributed by atoms with E-state index in [0.29, 0.717) is 11.4 Å². The van der Waals surface area contributed by atoms with Gasteiger partial charge in [0.25, 0.3) is 0 Å². The van der Waals surface area contributed by atoms with E-state index in [0.717, 1.165) is 0 Å². The van der Waals surface area contributed by atoms with Crippen LogP contribution in [0.4, 0.5) is 10.1 Å². The molecule has 0 radical (unpaired) electrons. The highest BCUT2D eigenvalue weighted by Crippen LogP contribution is 2.21. The first kappa shape index (κ1) is 9.28. The largest absolute Gasteiger partial charge is 0.395 e. The SMILES string of the molecule is N#Cc1cccn1-c1cccc(F)c1N. The number of nitrogens with two attached hydrogens (primary N) is 1. The lowest BCUT2D eigenvalue weighted by atomic mass is 10.2. The van der Waals surface area contributed by atoms with E-state index in [-0.39, 0.29) is 5.69 Å². The second-order valence-electron chi connectivity index (χ2n) is 3.05. The third-order valence-electron chi connectivity index (χ3n) is 2.15. The van der Waals surface area contributed by atoms with Crippen LogP contribution in [0.3, 0.4) is 0 Å². The molecule has 0 amide bonds. The van der Waals surface area contributed by atoms with Crippen molar-refractivity contribution in [1.82, 2.24) is 4.57 Å². The Labute approximate surface area is 86.2 Å². The lowest BCUT2D eigenvalue weighted by Crippen LogP contribution is -2.02. The number of benzene rings is 1. The number of anilines is 1. The zero-order valence-electron chi connectivity index (χ0n) is 7.81. The van der Waals surface area contributed by atoms with Crippen molar-refractivity contribution in [3.8, 4) is 11.8 Å². The highest BCUT2D eigenvalue weighted by Gasteiger charge is 2.08. The topological polar surface area (TPSA) is 54.7 Å². The second kappa shape index (κ2) is 3.46. The van der Waals surface area contributed by atoms with Crippen molar-refractivity contribution in [2.24, 2.45) is 0 Å². The maximum absolute atomic E-state index is 13.2. The summed E-state index contributed by atoms with van der Waals surface area (Å²) >= 11 is 0. The summed E-state index contributed by atoms with van der Waals surface area (Å²) < 4.78 is 14.7. The molecule has 3 nitrogen and oxygen atoms in total. The third kappa shape index (κ3) is 1.44. The molecular formula is C11H8FN3. The Bertz CT molecular complexity index is 537. The molecule has 0 fully saturated rings. The first-order chi connectivity index (χ1) is 7.24. The summed E-state index contributed by atoms with van der Waals surface area (Å²) in [5.41, 5.74) is 6.54. The average molecular weight is 201 g/mol. The molecule has 0 saturated carbocycles. The predicted octanol–water partition coefficient (Wildman–Crippen LogP) is 2.07. The fourth-order valence-electron chi connectivity index (χ4n) is 1.42. The maximum atomic E-state index is 13.2. The number of para-hydroxylation sites is 1. The summed E-state index contributed by atoms with van der Waals surface area (Å²) in [6, 6.07) is 9.87. The number of rotatable bonds is 1. The van der Waals surface area contributed by atoms with Crippen LogP contribution in [0.15, 0.2) is 36.5 Å². The Morgan fingerprint density at radius 2 is 2.07 bits per heavy atom. The molecule has 2 aromatic rings. The minimum atomic E-state index is -0.481. The molecule has 0 atom stereocenters. The van der Waals surface area contributed by atoms with Gasteiger partial charge in [-0.25, -0.2) is 4.39 Å². The molecule has 15 heavy (non-hydrogen) atoms. The lowest BCUT2D eigenvalue weighted by molar-refractivity contribution is 0.631. The first-order valence-electron chi connectivity index (χ1n) is 4.36. The lowest BCUT2D eigenvalue weighted by Gasteiger charge is -2.08. The quantitative estimate of drug-likeness (QED) is 0.718. The molecule has 0 bridgehead atoms. The van der Waals surface area contributed by atoms with Crippen molar-refractivity contribution in [2.75, 3.05) is 5.73 Å². The third-order valence-corrected chi connectivity index (χ3v) is 2.15. The first-order valence-corrected chi connectivity index (χ1v) is 4.36. The van der Waals surface area contributed by atoms with Crippen LogP contribution >= 0.6 is 0 Å². The van der Waals surface area contributed by atoms with E-state index in [4.69, 9.17) is 11.0 Å². The van der Waals surface area contributed by atoms with Gasteiger partial charge in [0.1, 0.15) is 17.6 Å². The van der Waals surface area contributed by atoms with Crippen molar-refractivity contribution in [3.63, 3.8) is 0 Å². The van der Waals surface area contributed by atoms with Crippen molar-refractivity contribution in [1.29, 1.82) is 5.26 Å². The van der Waals surface area contributed by atoms with Gasteiger partial charge in [-0.15, -0.1) is 0 Å². The molecule has 1 aromatic heterocycles. The van der Waals surface area contributed by atoms with Crippen LogP contribution in [0.25, 0.3) is 5.69 Å². The Hall–Kier alpha value is -2.28. The van der Waals surface area contributed by atoms with E-state index in [9.17, 15) is 4.39 Å². The van der Waals surface area contributed by atoms with E-state index >= 15 is 0 Å². The summed E-state index contributed by atoms with van der Waals surface area (Å²) in [7, 11) is 0. The maximum Gasteiger partial charge on any atom is 0.148 e. The number of nitrogen functional groups attached to an aromatic ring is 1. The molecule has 0 aliphatic carbocycles. The summed E-state index contributed by atoms with van der Waals surface area (Å²) in [4.78, 5) is 0. The van der Waals surface area contributed by atoms with Crippen LogP contribution < -0.4 is 5.73 Å². The molecule has 0 aliphatic heterocycles. The van der Waals surface area contributed by atoms with Gasteiger partial charge in [0.2, 0.25) is 0 Å². The zero-order chi connectivity index (χ0) is 10.8. The molecule has 1 heterocycles. The van der Waals surface area contributed by atoms with E-state index in [1.807, 2.05) is 6.07 Å². The second-order valence-corrected chi connectivity index (χ2v) is 3.05. The van der Waals surface area contributed by atoms with Crippen molar-refractivity contribution < 1.29 is 4.39 Å². The molecule has 74 valence electrons. The Morgan fingerprint density at radius 3 is 2.80 bits per heavy atom. The molecule has 0 aliphatic rings. The van der Waals surface area contributed by atoms with Crippen molar-refractivity contribution >= 4 is 5.69 Å². The van der Waals surface area contributed by atoms with Gasteiger partial charge in [0.05, 0.1) is 11.4 Å². The average Bonchev–Trinajstić information content (AvgIpc) is 2.70. The van der Waals surface area contributed by atoms with Gasteiger partial charge in [0.15, 0.2) is 0 Å².